The van der Waals surface area contributed by atoms with Crippen LogP contribution in [0.2, 0.25) is 0 Å². The first kappa shape index (κ1) is 16.2. The van der Waals surface area contributed by atoms with E-state index in [0.29, 0.717) is 6.04 Å². The summed E-state index contributed by atoms with van der Waals surface area (Å²) in [6.07, 6.45) is 3.70. The van der Waals surface area contributed by atoms with Crippen LogP contribution in [0.4, 0.5) is 0 Å². The number of unbranched alkanes of at least 4 members (excludes halogenated alkanes) is 1. The van der Waals surface area contributed by atoms with E-state index in [1.54, 1.807) is 0 Å². The van der Waals surface area contributed by atoms with Crippen LogP contribution in [0.1, 0.15) is 46.1 Å². The van der Waals surface area contributed by atoms with E-state index >= 15 is 0 Å². The van der Waals surface area contributed by atoms with Gasteiger partial charge in [-0.15, -0.1) is 0 Å². The summed E-state index contributed by atoms with van der Waals surface area (Å²) in [5, 5.41) is 7.10. The first-order chi connectivity index (χ1) is 8.97. The van der Waals surface area contributed by atoms with Crippen LogP contribution in [0.5, 0.6) is 0 Å². The average molecular weight is 262 g/mol. The standard InChI is InChI=1S/C17H30N2/c1-15(14-19-17(2,3)4)18-13-9-8-12-16-10-6-5-7-11-16/h5-7,10-11,15,18-19H,8-9,12-14H2,1-4H3. The topological polar surface area (TPSA) is 24.1 Å². The van der Waals surface area contributed by atoms with Crippen LogP contribution >= 0.6 is 0 Å². The maximum Gasteiger partial charge on any atom is 0.0164 e. The van der Waals surface area contributed by atoms with Gasteiger partial charge in [-0.3, -0.25) is 0 Å². The van der Waals surface area contributed by atoms with Crippen LogP contribution in [0.25, 0.3) is 0 Å². The molecule has 2 N–H and O–H groups in total. The van der Waals surface area contributed by atoms with Crippen molar-refractivity contribution in [2.24, 2.45) is 0 Å². The van der Waals surface area contributed by atoms with E-state index in [1.807, 2.05) is 0 Å². The van der Waals surface area contributed by atoms with Crippen LogP contribution in [0, 0.1) is 0 Å². The van der Waals surface area contributed by atoms with Gasteiger partial charge in [0.05, 0.1) is 0 Å². The Morgan fingerprint density at radius 3 is 2.37 bits per heavy atom. The molecule has 0 saturated carbocycles. The van der Waals surface area contributed by atoms with E-state index in [4.69, 9.17) is 0 Å². The van der Waals surface area contributed by atoms with Crippen LogP contribution in [-0.4, -0.2) is 24.7 Å². The van der Waals surface area contributed by atoms with E-state index in [9.17, 15) is 0 Å². The molecule has 1 atom stereocenters. The highest BCUT2D eigenvalue weighted by Gasteiger charge is 2.10. The van der Waals surface area contributed by atoms with Crippen molar-refractivity contribution in [1.82, 2.24) is 10.6 Å². The molecular formula is C17H30N2. The molecule has 0 radical (unpaired) electrons. The lowest BCUT2D eigenvalue weighted by Crippen LogP contribution is -2.44. The number of nitrogens with one attached hydrogen (secondary N) is 2. The highest BCUT2D eigenvalue weighted by atomic mass is 15.0. The maximum absolute atomic E-state index is 3.58. The van der Waals surface area contributed by atoms with Gasteiger partial charge in [-0.2, -0.15) is 0 Å². The Morgan fingerprint density at radius 1 is 1.05 bits per heavy atom. The van der Waals surface area contributed by atoms with Gasteiger partial charge in [-0.1, -0.05) is 30.3 Å². The predicted molar refractivity (Wildman–Crippen MR) is 84.6 cm³/mol. The molecule has 0 aliphatic carbocycles. The highest BCUT2D eigenvalue weighted by molar-refractivity contribution is 5.14. The molecule has 19 heavy (non-hydrogen) atoms. The minimum absolute atomic E-state index is 0.212. The van der Waals surface area contributed by atoms with Gasteiger partial charge in [0, 0.05) is 18.1 Å². The van der Waals surface area contributed by atoms with Crippen molar-refractivity contribution >= 4 is 0 Å². The molecule has 0 fully saturated rings. The summed E-state index contributed by atoms with van der Waals surface area (Å²) in [6.45, 7) is 11.0. The second kappa shape index (κ2) is 8.34. The molecular weight excluding hydrogens is 232 g/mol. The fourth-order valence-electron chi connectivity index (χ4n) is 1.98. The first-order valence-corrected chi connectivity index (χ1v) is 7.50. The Balaban J connectivity index is 2.01. The van der Waals surface area contributed by atoms with Gasteiger partial charge < -0.3 is 10.6 Å². The van der Waals surface area contributed by atoms with Gasteiger partial charge in [0.1, 0.15) is 0 Å². The lowest BCUT2D eigenvalue weighted by molar-refractivity contribution is 0.386. The zero-order valence-corrected chi connectivity index (χ0v) is 13.0. The van der Waals surface area contributed by atoms with Crippen molar-refractivity contribution in [3.63, 3.8) is 0 Å². The molecule has 0 heterocycles. The molecule has 1 rings (SSSR count). The van der Waals surface area contributed by atoms with Crippen molar-refractivity contribution in [1.29, 1.82) is 0 Å². The highest BCUT2D eigenvalue weighted by Crippen LogP contribution is 2.04. The average Bonchev–Trinajstić information content (AvgIpc) is 2.36. The third-order valence-corrected chi connectivity index (χ3v) is 3.17. The van der Waals surface area contributed by atoms with Gasteiger partial charge in [0.25, 0.3) is 0 Å². The molecule has 0 bridgehead atoms. The van der Waals surface area contributed by atoms with Gasteiger partial charge in [0.15, 0.2) is 0 Å². The fourth-order valence-corrected chi connectivity index (χ4v) is 1.98. The molecule has 1 unspecified atom stereocenters. The zero-order valence-electron chi connectivity index (χ0n) is 13.0. The van der Waals surface area contributed by atoms with E-state index in [1.165, 1.54) is 24.8 Å². The molecule has 1 aromatic carbocycles. The smallest absolute Gasteiger partial charge is 0.0164 e. The molecule has 0 saturated heterocycles. The van der Waals surface area contributed by atoms with Gasteiger partial charge >= 0.3 is 0 Å². The van der Waals surface area contributed by atoms with Crippen LogP contribution < -0.4 is 10.6 Å². The van der Waals surface area contributed by atoms with Crippen LogP contribution in [0.3, 0.4) is 0 Å². The second-order valence-corrected chi connectivity index (χ2v) is 6.43. The van der Waals surface area contributed by atoms with Crippen molar-refractivity contribution in [2.45, 2.75) is 58.5 Å². The largest absolute Gasteiger partial charge is 0.313 e. The lowest BCUT2D eigenvalue weighted by atomic mass is 10.1. The SMILES string of the molecule is CC(CNC(C)(C)C)NCCCCc1ccccc1. The first-order valence-electron chi connectivity index (χ1n) is 7.50. The Morgan fingerprint density at radius 2 is 1.74 bits per heavy atom. The van der Waals surface area contributed by atoms with Crippen LogP contribution in [0.15, 0.2) is 30.3 Å². The quantitative estimate of drug-likeness (QED) is 0.702. The molecule has 0 aliphatic rings. The molecule has 0 amide bonds. The Labute approximate surface area is 119 Å². The molecule has 2 heteroatoms. The van der Waals surface area contributed by atoms with Crippen molar-refractivity contribution in [3.05, 3.63) is 35.9 Å². The van der Waals surface area contributed by atoms with E-state index < -0.39 is 0 Å². The minimum Gasteiger partial charge on any atom is -0.313 e. The minimum atomic E-state index is 0.212. The Hall–Kier alpha value is -0.860. The third-order valence-electron chi connectivity index (χ3n) is 3.17. The molecule has 1 aromatic rings. The molecule has 0 aromatic heterocycles. The molecule has 0 aliphatic heterocycles. The fraction of sp³-hybridized carbons (Fsp3) is 0.647. The van der Waals surface area contributed by atoms with E-state index in [-0.39, 0.29) is 5.54 Å². The van der Waals surface area contributed by atoms with Crippen LogP contribution in [-0.2, 0) is 6.42 Å². The summed E-state index contributed by atoms with van der Waals surface area (Å²) in [4.78, 5) is 0. The van der Waals surface area contributed by atoms with Gasteiger partial charge in [0.2, 0.25) is 0 Å². The number of hydrogen-bond acceptors (Lipinski definition) is 2. The molecule has 2 nitrogen and oxygen atoms in total. The summed E-state index contributed by atoms with van der Waals surface area (Å²) in [6, 6.07) is 11.3. The lowest BCUT2D eigenvalue weighted by Gasteiger charge is -2.24. The molecule has 108 valence electrons. The maximum atomic E-state index is 3.58. The van der Waals surface area contributed by atoms with Crippen molar-refractivity contribution in [2.75, 3.05) is 13.1 Å². The van der Waals surface area contributed by atoms with Gasteiger partial charge in [-0.05, 0) is 59.1 Å². The summed E-state index contributed by atoms with van der Waals surface area (Å²) in [5.74, 6) is 0. The number of hydrogen-bond donors (Lipinski definition) is 2. The molecule has 0 spiro atoms. The normalized spacial score (nSPS) is 13.5. The third kappa shape index (κ3) is 8.79. The number of rotatable bonds is 8. The summed E-state index contributed by atoms with van der Waals surface area (Å²) < 4.78 is 0. The summed E-state index contributed by atoms with van der Waals surface area (Å²) in [7, 11) is 0. The zero-order chi connectivity index (χ0) is 14.1. The summed E-state index contributed by atoms with van der Waals surface area (Å²) in [5.41, 5.74) is 1.66. The van der Waals surface area contributed by atoms with Crippen molar-refractivity contribution < 1.29 is 0 Å². The number of benzene rings is 1. The summed E-state index contributed by atoms with van der Waals surface area (Å²) >= 11 is 0. The monoisotopic (exact) mass is 262 g/mol. The van der Waals surface area contributed by atoms with Gasteiger partial charge in [-0.25, -0.2) is 0 Å². The van der Waals surface area contributed by atoms with Crippen molar-refractivity contribution in [3.8, 4) is 0 Å². The predicted octanol–water partition coefficient (Wildman–Crippen LogP) is 3.38. The number of aryl methyl sites for hydroxylation is 1. The Bertz CT molecular complexity index is 327. The second-order valence-electron chi connectivity index (χ2n) is 6.43. The van der Waals surface area contributed by atoms with E-state index in [2.05, 4.69) is 68.7 Å². The van der Waals surface area contributed by atoms with E-state index in [0.717, 1.165) is 13.1 Å². The Kier molecular flexibility index (Phi) is 7.11.